The zero-order valence-corrected chi connectivity index (χ0v) is 18.8. The lowest BCUT2D eigenvalue weighted by molar-refractivity contribution is 0.0557. The number of likely N-dealkylation sites (tertiary alicyclic amines) is 2. The molecule has 0 radical (unpaired) electrons. The highest BCUT2D eigenvalue weighted by molar-refractivity contribution is 5.95. The van der Waals surface area contributed by atoms with Crippen molar-refractivity contribution in [3.63, 3.8) is 0 Å². The van der Waals surface area contributed by atoms with Crippen molar-refractivity contribution in [3.8, 4) is 0 Å². The third kappa shape index (κ3) is 3.88. The monoisotopic (exact) mass is 432 g/mol. The zero-order chi connectivity index (χ0) is 22.1. The largest absolute Gasteiger partial charge is 0.339 e. The SMILES string of the molecule is CCc1ccccc1C(=O)N1CCC(N2CCC(n3c(=O)[nH]c4ccccc43)CC2)CC1. The number of aryl methyl sites for hydroxylation is 1. The first-order valence-corrected chi connectivity index (χ1v) is 12.0. The molecule has 3 heterocycles. The van der Waals surface area contributed by atoms with Gasteiger partial charge in [-0.3, -0.25) is 9.36 Å². The number of fused-ring (bicyclic) bond motifs is 1. The van der Waals surface area contributed by atoms with E-state index < -0.39 is 0 Å². The van der Waals surface area contributed by atoms with E-state index in [0.29, 0.717) is 6.04 Å². The maximum absolute atomic E-state index is 13.1. The molecule has 0 saturated carbocycles. The third-order valence-corrected chi connectivity index (χ3v) is 7.38. The fraction of sp³-hybridized carbons (Fsp3) is 0.462. The molecule has 2 aromatic carbocycles. The van der Waals surface area contributed by atoms with Crippen molar-refractivity contribution in [1.82, 2.24) is 19.4 Å². The number of hydrogen-bond acceptors (Lipinski definition) is 3. The smallest absolute Gasteiger partial charge is 0.326 e. The molecule has 2 fully saturated rings. The Labute approximate surface area is 188 Å². The Kier molecular flexibility index (Phi) is 5.87. The van der Waals surface area contributed by atoms with Gasteiger partial charge in [0.25, 0.3) is 5.91 Å². The topological polar surface area (TPSA) is 61.3 Å². The number of aromatic amines is 1. The number of nitrogens with zero attached hydrogens (tertiary/aromatic N) is 3. The summed E-state index contributed by atoms with van der Waals surface area (Å²) in [6, 6.07) is 16.7. The van der Waals surface area contributed by atoms with Gasteiger partial charge in [0.2, 0.25) is 0 Å². The molecule has 0 unspecified atom stereocenters. The van der Waals surface area contributed by atoms with Crippen LogP contribution in [-0.4, -0.2) is 57.5 Å². The standard InChI is InChI=1S/C26H32N4O2/c1-2-19-7-3-4-8-22(19)25(31)29-17-11-20(12-18-29)28-15-13-21(14-16-28)30-24-10-6-5-9-23(24)27-26(30)32/h3-10,20-21H,2,11-18H2,1H3,(H,27,32). The lowest BCUT2D eigenvalue weighted by atomic mass is 9.96. The van der Waals surface area contributed by atoms with Gasteiger partial charge in [-0.05, 0) is 55.9 Å². The van der Waals surface area contributed by atoms with Crippen molar-refractivity contribution in [1.29, 1.82) is 0 Å². The summed E-state index contributed by atoms with van der Waals surface area (Å²) < 4.78 is 1.96. The van der Waals surface area contributed by atoms with E-state index in [1.165, 1.54) is 0 Å². The number of carbonyl (C=O) groups is 1. The van der Waals surface area contributed by atoms with Crippen LogP contribution >= 0.6 is 0 Å². The number of benzene rings is 2. The van der Waals surface area contributed by atoms with Crippen molar-refractivity contribution in [2.45, 2.75) is 51.1 Å². The number of carbonyl (C=O) groups excluding carboxylic acids is 1. The number of piperidine rings is 2. The van der Waals surface area contributed by atoms with Crippen LogP contribution in [0.15, 0.2) is 53.3 Å². The Bertz CT molecular complexity index is 1150. The van der Waals surface area contributed by atoms with Gasteiger partial charge in [-0.2, -0.15) is 0 Å². The molecule has 1 aromatic heterocycles. The lowest BCUT2D eigenvalue weighted by Gasteiger charge is -2.42. The number of nitrogens with one attached hydrogen (secondary N) is 1. The highest BCUT2D eigenvalue weighted by Crippen LogP contribution is 2.28. The summed E-state index contributed by atoms with van der Waals surface area (Å²) in [6.07, 6.45) is 4.91. The van der Waals surface area contributed by atoms with Gasteiger partial charge in [-0.25, -0.2) is 4.79 Å². The molecule has 6 nitrogen and oxygen atoms in total. The molecule has 3 aromatic rings. The van der Waals surface area contributed by atoms with Crippen molar-refractivity contribution in [2.24, 2.45) is 0 Å². The third-order valence-electron chi connectivity index (χ3n) is 7.38. The Balaban J connectivity index is 1.19. The van der Waals surface area contributed by atoms with Crippen LogP contribution in [0.4, 0.5) is 0 Å². The fourth-order valence-corrected chi connectivity index (χ4v) is 5.59. The van der Waals surface area contributed by atoms with Gasteiger partial charge in [-0.15, -0.1) is 0 Å². The zero-order valence-electron chi connectivity index (χ0n) is 18.8. The summed E-state index contributed by atoms with van der Waals surface area (Å²) in [5, 5.41) is 0. The predicted molar refractivity (Wildman–Crippen MR) is 127 cm³/mol. The van der Waals surface area contributed by atoms with Gasteiger partial charge in [0.1, 0.15) is 0 Å². The van der Waals surface area contributed by atoms with Gasteiger partial charge in [-0.1, -0.05) is 37.3 Å². The average Bonchev–Trinajstić information content (AvgIpc) is 3.19. The van der Waals surface area contributed by atoms with Crippen LogP contribution in [-0.2, 0) is 6.42 Å². The molecule has 2 aliphatic rings. The molecule has 1 amide bonds. The van der Waals surface area contributed by atoms with Crippen LogP contribution in [0.3, 0.4) is 0 Å². The van der Waals surface area contributed by atoms with E-state index in [1.54, 1.807) is 0 Å². The minimum atomic E-state index is 0.00355. The summed E-state index contributed by atoms with van der Waals surface area (Å²) in [7, 11) is 0. The minimum Gasteiger partial charge on any atom is -0.339 e. The summed E-state index contributed by atoms with van der Waals surface area (Å²) >= 11 is 0. The summed E-state index contributed by atoms with van der Waals surface area (Å²) in [5.41, 5.74) is 3.92. The molecule has 168 valence electrons. The number of para-hydroxylation sites is 2. The van der Waals surface area contributed by atoms with E-state index in [1.807, 2.05) is 51.9 Å². The fourth-order valence-electron chi connectivity index (χ4n) is 5.59. The van der Waals surface area contributed by atoms with Crippen molar-refractivity contribution < 1.29 is 4.79 Å². The number of amides is 1. The second-order valence-electron chi connectivity index (χ2n) is 9.12. The molecule has 0 spiro atoms. The second-order valence-corrected chi connectivity index (χ2v) is 9.12. The Hall–Kier alpha value is -2.86. The molecule has 1 N–H and O–H groups in total. The first-order chi connectivity index (χ1) is 15.7. The molecular formula is C26H32N4O2. The molecule has 0 aliphatic carbocycles. The first-order valence-electron chi connectivity index (χ1n) is 12.0. The molecule has 32 heavy (non-hydrogen) atoms. The molecule has 2 aliphatic heterocycles. The Morgan fingerprint density at radius 3 is 2.31 bits per heavy atom. The highest BCUT2D eigenvalue weighted by atomic mass is 16.2. The normalized spacial score (nSPS) is 19.0. The molecule has 6 heteroatoms. The van der Waals surface area contributed by atoms with Crippen LogP contribution in [0.5, 0.6) is 0 Å². The van der Waals surface area contributed by atoms with Crippen molar-refractivity contribution >= 4 is 16.9 Å². The summed E-state index contributed by atoms with van der Waals surface area (Å²) in [6.45, 7) is 5.76. The van der Waals surface area contributed by atoms with Crippen LogP contribution < -0.4 is 5.69 Å². The van der Waals surface area contributed by atoms with E-state index in [9.17, 15) is 9.59 Å². The Morgan fingerprint density at radius 1 is 0.906 bits per heavy atom. The van der Waals surface area contributed by atoms with Crippen LogP contribution in [0.1, 0.15) is 54.6 Å². The molecule has 0 atom stereocenters. The van der Waals surface area contributed by atoms with Crippen molar-refractivity contribution in [3.05, 3.63) is 70.1 Å². The molecule has 0 bridgehead atoms. The maximum atomic E-state index is 13.1. The number of rotatable bonds is 4. The summed E-state index contributed by atoms with van der Waals surface area (Å²) in [4.78, 5) is 33.2. The number of aromatic nitrogens is 2. The Morgan fingerprint density at radius 2 is 1.56 bits per heavy atom. The van der Waals surface area contributed by atoms with E-state index in [4.69, 9.17) is 0 Å². The van der Waals surface area contributed by atoms with Gasteiger partial charge in [0.05, 0.1) is 11.0 Å². The van der Waals surface area contributed by atoms with Gasteiger partial charge in [0.15, 0.2) is 0 Å². The van der Waals surface area contributed by atoms with Gasteiger partial charge in [0, 0.05) is 43.8 Å². The maximum Gasteiger partial charge on any atom is 0.326 e. The van der Waals surface area contributed by atoms with E-state index in [-0.39, 0.29) is 17.6 Å². The lowest BCUT2D eigenvalue weighted by Crippen LogP contribution is -2.49. The predicted octanol–water partition coefficient (Wildman–Crippen LogP) is 3.83. The average molecular weight is 433 g/mol. The second kappa shape index (κ2) is 8.94. The van der Waals surface area contributed by atoms with Gasteiger partial charge < -0.3 is 14.8 Å². The van der Waals surface area contributed by atoms with Gasteiger partial charge >= 0.3 is 5.69 Å². The van der Waals surface area contributed by atoms with Crippen LogP contribution in [0, 0.1) is 0 Å². The van der Waals surface area contributed by atoms with Crippen LogP contribution in [0.25, 0.3) is 11.0 Å². The van der Waals surface area contributed by atoms with E-state index in [2.05, 4.69) is 22.9 Å². The molecule has 5 rings (SSSR count). The number of H-pyrrole nitrogens is 1. The van der Waals surface area contributed by atoms with Crippen LogP contribution in [0.2, 0.25) is 0 Å². The minimum absolute atomic E-state index is 0.00355. The quantitative estimate of drug-likeness (QED) is 0.682. The first kappa shape index (κ1) is 21.0. The number of imidazole rings is 1. The highest BCUT2D eigenvalue weighted by Gasteiger charge is 2.31. The van der Waals surface area contributed by atoms with E-state index >= 15 is 0 Å². The summed E-state index contributed by atoms with van der Waals surface area (Å²) in [5.74, 6) is 0.179. The van der Waals surface area contributed by atoms with Crippen molar-refractivity contribution in [2.75, 3.05) is 26.2 Å². The number of hydrogen-bond donors (Lipinski definition) is 1. The molecule has 2 saturated heterocycles. The van der Waals surface area contributed by atoms with E-state index in [0.717, 1.165) is 80.4 Å². The molecular weight excluding hydrogens is 400 g/mol.